The molecule has 0 aromatic heterocycles. The van der Waals surface area contributed by atoms with Crippen molar-refractivity contribution in [1.82, 2.24) is 5.32 Å². The van der Waals surface area contributed by atoms with Crippen molar-refractivity contribution in [3.63, 3.8) is 0 Å². The molecule has 4 heteroatoms. The van der Waals surface area contributed by atoms with Gasteiger partial charge in [-0.25, -0.2) is 8.42 Å². The lowest BCUT2D eigenvalue weighted by atomic mass is 10.4. The SMILES string of the molecule is CCCNCC1(S(=O)(=O)C2CC2)CC1. The second kappa shape index (κ2) is 3.49. The molecule has 0 aromatic carbocycles. The number of hydrogen-bond donors (Lipinski definition) is 1. The van der Waals surface area contributed by atoms with Crippen molar-refractivity contribution in [2.45, 2.75) is 49.0 Å². The van der Waals surface area contributed by atoms with E-state index in [1.165, 1.54) is 0 Å². The molecule has 2 rings (SSSR count). The number of sulfone groups is 1. The lowest BCUT2D eigenvalue weighted by Crippen LogP contribution is -2.37. The number of hydrogen-bond acceptors (Lipinski definition) is 3. The Balaban J connectivity index is 1.95. The summed E-state index contributed by atoms with van der Waals surface area (Å²) in [7, 11) is -2.80. The second-order valence-electron chi connectivity index (χ2n) is 4.60. The van der Waals surface area contributed by atoms with Crippen LogP contribution in [0.4, 0.5) is 0 Å². The minimum Gasteiger partial charge on any atom is -0.315 e. The summed E-state index contributed by atoms with van der Waals surface area (Å²) >= 11 is 0. The van der Waals surface area contributed by atoms with E-state index in [0.29, 0.717) is 6.54 Å². The molecule has 1 N–H and O–H groups in total. The summed E-state index contributed by atoms with van der Waals surface area (Å²) in [5.74, 6) is 0. The molecular weight excluding hydrogens is 198 g/mol. The highest BCUT2D eigenvalue weighted by atomic mass is 32.2. The zero-order chi connectivity index (χ0) is 10.2. The summed E-state index contributed by atoms with van der Waals surface area (Å²) in [4.78, 5) is 0. The van der Waals surface area contributed by atoms with E-state index < -0.39 is 9.84 Å². The molecule has 0 aromatic rings. The van der Waals surface area contributed by atoms with Crippen molar-refractivity contribution in [1.29, 1.82) is 0 Å². The zero-order valence-corrected chi connectivity index (χ0v) is 9.57. The largest absolute Gasteiger partial charge is 0.315 e. The van der Waals surface area contributed by atoms with Gasteiger partial charge in [-0.2, -0.15) is 0 Å². The van der Waals surface area contributed by atoms with E-state index in [4.69, 9.17) is 0 Å². The van der Waals surface area contributed by atoms with Crippen LogP contribution in [0.2, 0.25) is 0 Å². The first-order valence-corrected chi connectivity index (χ1v) is 7.11. The molecule has 0 aliphatic heterocycles. The van der Waals surface area contributed by atoms with Crippen molar-refractivity contribution in [3.8, 4) is 0 Å². The van der Waals surface area contributed by atoms with Gasteiger partial charge in [0.05, 0.1) is 10.00 Å². The topological polar surface area (TPSA) is 46.2 Å². The van der Waals surface area contributed by atoms with Gasteiger partial charge in [-0.1, -0.05) is 6.92 Å². The van der Waals surface area contributed by atoms with Gasteiger partial charge in [0.2, 0.25) is 0 Å². The van der Waals surface area contributed by atoms with Crippen molar-refractivity contribution in [3.05, 3.63) is 0 Å². The van der Waals surface area contributed by atoms with E-state index >= 15 is 0 Å². The Morgan fingerprint density at radius 3 is 2.43 bits per heavy atom. The monoisotopic (exact) mass is 217 g/mol. The third kappa shape index (κ3) is 1.70. The molecule has 0 amide bonds. The first-order valence-electron chi connectivity index (χ1n) is 5.56. The van der Waals surface area contributed by atoms with Crippen LogP contribution in [-0.4, -0.2) is 31.5 Å². The first-order chi connectivity index (χ1) is 6.62. The minimum atomic E-state index is -2.80. The summed E-state index contributed by atoms with van der Waals surface area (Å²) in [5, 5.41) is 3.26. The maximum atomic E-state index is 12.0. The van der Waals surface area contributed by atoms with Crippen molar-refractivity contribution in [2.75, 3.05) is 13.1 Å². The van der Waals surface area contributed by atoms with E-state index in [2.05, 4.69) is 12.2 Å². The minimum absolute atomic E-state index is 0.00780. The Bertz CT molecular complexity index is 302. The van der Waals surface area contributed by atoms with Gasteiger partial charge in [-0.15, -0.1) is 0 Å². The van der Waals surface area contributed by atoms with Gasteiger partial charge in [0, 0.05) is 6.54 Å². The quantitative estimate of drug-likeness (QED) is 0.678. The molecular formula is C10H19NO2S. The van der Waals surface area contributed by atoms with Crippen LogP contribution in [0.15, 0.2) is 0 Å². The Morgan fingerprint density at radius 2 is 2.00 bits per heavy atom. The van der Waals surface area contributed by atoms with E-state index in [0.717, 1.165) is 38.6 Å². The fourth-order valence-corrected chi connectivity index (χ4v) is 4.36. The molecule has 0 saturated heterocycles. The van der Waals surface area contributed by atoms with Crippen LogP contribution in [0.1, 0.15) is 39.0 Å². The Hall–Kier alpha value is -0.0900. The molecule has 0 heterocycles. The molecule has 14 heavy (non-hydrogen) atoms. The number of nitrogens with one attached hydrogen (secondary N) is 1. The van der Waals surface area contributed by atoms with Crippen LogP contribution in [0.3, 0.4) is 0 Å². The van der Waals surface area contributed by atoms with Gasteiger partial charge in [0.15, 0.2) is 9.84 Å². The van der Waals surface area contributed by atoms with Gasteiger partial charge < -0.3 is 5.32 Å². The van der Waals surface area contributed by atoms with Gasteiger partial charge in [-0.3, -0.25) is 0 Å². The van der Waals surface area contributed by atoms with Crippen LogP contribution >= 0.6 is 0 Å². The highest BCUT2D eigenvalue weighted by molar-refractivity contribution is 7.94. The summed E-state index contributed by atoms with van der Waals surface area (Å²) in [6, 6.07) is 0. The van der Waals surface area contributed by atoms with E-state index in [1.807, 2.05) is 0 Å². The summed E-state index contributed by atoms with van der Waals surface area (Å²) in [6.07, 6.45) is 4.63. The maximum absolute atomic E-state index is 12.0. The highest BCUT2D eigenvalue weighted by Crippen LogP contribution is 2.49. The summed E-state index contributed by atoms with van der Waals surface area (Å²) in [6.45, 7) is 3.71. The third-order valence-electron chi connectivity index (χ3n) is 3.25. The molecule has 0 unspecified atom stereocenters. The van der Waals surface area contributed by atoms with Crippen LogP contribution in [0.5, 0.6) is 0 Å². The maximum Gasteiger partial charge on any atom is 0.160 e. The highest BCUT2D eigenvalue weighted by Gasteiger charge is 2.58. The predicted octanol–water partition coefficient (Wildman–Crippen LogP) is 1.10. The molecule has 2 saturated carbocycles. The molecule has 0 radical (unpaired) electrons. The number of rotatable bonds is 6. The third-order valence-corrected chi connectivity index (χ3v) is 6.36. The van der Waals surface area contributed by atoms with Gasteiger partial charge in [0.25, 0.3) is 0 Å². The zero-order valence-electron chi connectivity index (χ0n) is 8.75. The Kier molecular flexibility index (Phi) is 2.60. The van der Waals surface area contributed by atoms with Crippen LogP contribution in [-0.2, 0) is 9.84 Å². The van der Waals surface area contributed by atoms with Gasteiger partial charge in [-0.05, 0) is 38.6 Å². The van der Waals surface area contributed by atoms with E-state index in [9.17, 15) is 8.42 Å². The van der Waals surface area contributed by atoms with E-state index in [-0.39, 0.29) is 10.00 Å². The van der Waals surface area contributed by atoms with Gasteiger partial charge in [0.1, 0.15) is 0 Å². The fourth-order valence-electron chi connectivity index (χ4n) is 1.93. The van der Waals surface area contributed by atoms with E-state index in [1.54, 1.807) is 0 Å². The van der Waals surface area contributed by atoms with Crippen LogP contribution in [0, 0.1) is 0 Å². The van der Waals surface area contributed by atoms with Crippen LogP contribution < -0.4 is 5.32 Å². The Labute approximate surface area is 86.2 Å². The van der Waals surface area contributed by atoms with Crippen molar-refractivity contribution >= 4 is 9.84 Å². The molecule has 2 aliphatic rings. The average molecular weight is 217 g/mol. The molecule has 2 fully saturated rings. The predicted molar refractivity (Wildman–Crippen MR) is 57.1 cm³/mol. The molecule has 0 bridgehead atoms. The molecule has 82 valence electrons. The molecule has 2 aliphatic carbocycles. The normalized spacial score (nSPS) is 24.9. The standard InChI is InChI=1S/C10H19NO2S/c1-2-7-11-8-10(5-6-10)14(12,13)9-3-4-9/h9,11H,2-8H2,1H3. The average Bonchev–Trinajstić information content (AvgIpc) is 3.01. The smallest absolute Gasteiger partial charge is 0.160 e. The van der Waals surface area contributed by atoms with Crippen molar-refractivity contribution < 1.29 is 8.42 Å². The molecule has 0 spiro atoms. The molecule has 3 nitrogen and oxygen atoms in total. The second-order valence-corrected chi connectivity index (χ2v) is 7.23. The summed E-state index contributed by atoms with van der Waals surface area (Å²) < 4.78 is 23.7. The van der Waals surface area contributed by atoms with Gasteiger partial charge >= 0.3 is 0 Å². The first kappa shape index (κ1) is 10.4. The Morgan fingerprint density at radius 1 is 1.36 bits per heavy atom. The van der Waals surface area contributed by atoms with Crippen LogP contribution in [0.25, 0.3) is 0 Å². The lowest BCUT2D eigenvalue weighted by molar-refractivity contribution is 0.558. The fraction of sp³-hybridized carbons (Fsp3) is 1.00. The van der Waals surface area contributed by atoms with Crippen molar-refractivity contribution in [2.24, 2.45) is 0 Å². The molecule has 0 atom stereocenters. The lowest BCUT2D eigenvalue weighted by Gasteiger charge is -2.16. The summed E-state index contributed by atoms with van der Waals surface area (Å²) in [5.41, 5.74) is 0.